The maximum atomic E-state index is 12.2. The van der Waals surface area contributed by atoms with E-state index in [1.807, 2.05) is 24.3 Å². The van der Waals surface area contributed by atoms with Crippen LogP contribution < -0.4 is 9.64 Å². The number of benzene rings is 2. The minimum Gasteiger partial charge on any atom is -0.496 e. The number of carbonyl (C=O) groups is 2. The van der Waals surface area contributed by atoms with Crippen LogP contribution in [-0.2, 0) is 11.3 Å². The molecule has 0 bridgehead atoms. The molecule has 0 radical (unpaired) electrons. The molecular weight excluding hydrogens is 334 g/mol. The molecule has 0 aliphatic carbocycles. The van der Waals surface area contributed by atoms with E-state index in [9.17, 15) is 9.59 Å². The maximum absolute atomic E-state index is 12.2. The molecule has 4 nitrogen and oxygen atoms in total. The van der Waals surface area contributed by atoms with Gasteiger partial charge in [0, 0.05) is 10.0 Å². The van der Waals surface area contributed by atoms with Crippen molar-refractivity contribution in [1.29, 1.82) is 0 Å². The predicted octanol–water partition coefficient (Wildman–Crippen LogP) is 3.19. The predicted molar refractivity (Wildman–Crippen MR) is 82.7 cm³/mol. The molecule has 0 N–H and O–H groups in total. The van der Waals surface area contributed by atoms with Gasteiger partial charge in [0.15, 0.2) is 0 Å². The Balaban J connectivity index is 2.02. The van der Waals surface area contributed by atoms with Crippen LogP contribution in [0.1, 0.15) is 15.9 Å². The average molecular weight is 346 g/mol. The Hall–Kier alpha value is -2.14. The summed E-state index contributed by atoms with van der Waals surface area (Å²) in [6, 6.07) is 12.7. The van der Waals surface area contributed by atoms with Gasteiger partial charge in [0.25, 0.3) is 11.7 Å². The molecule has 1 aliphatic rings. The standard InChI is InChI=1S/C16H12BrNO3/c1-21-14-5-3-2-4-10(14)9-18-13-8-11(17)6-7-12(13)15(19)16(18)20/h2-8H,9H2,1H3. The number of hydrogen-bond donors (Lipinski definition) is 0. The SMILES string of the molecule is COc1ccccc1CN1C(=O)C(=O)c2ccc(Br)cc21. The number of halogens is 1. The molecule has 0 atom stereocenters. The van der Waals surface area contributed by atoms with E-state index in [1.54, 1.807) is 25.3 Å². The fourth-order valence-electron chi connectivity index (χ4n) is 2.43. The summed E-state index contributed by atoms with van der Waals surface area (Å²) in [5.41, 5.74) is 1.93. The highest BCUT2D eigenvalue weighted by molar-refractivity contribution is 9.10. The van der Waals surface area contributed by atoms with E-state index in [2.05, 4.69) is 15.9 Å². The Morgan fingerprint density at radius 1 is 1.14 bits per heavy atom. The second-order valence-corrected chi connectivity index (χ2v) is 5.61. The van der Waals surface area contributed by atoms with E-state index in [4.69, 9.17) is 4.74 Å². The van der Waals surface area contributed by atoms with Crippen LogP contribution in [0.4, 0.5) is 5.69 Å². The quantitative estimate of drug-likeness (QED) is 0.802. The fraction of sp³-hybridized carbons (Fsp3) is 0.125. The molecule has 0 fully saturated rings. The monoisotopic (exact) mass is 345 g/mol. The van der Waals surface area contributed by atoms with Gasteiger partial charge in [0.2, 0.25) is 0 Å². The van der Waals surface area contributed by atoms with Crippen LogP contribution in [0.25, 0.3) is 0 Å². The highest BCUT2D eigenvalue weighted by atomic mass is 79.9. The molecule has 1 amide bonds. The normalized spacial score (nSPS) is 13.5. The summed E-state index contributed by atoms with van der Waals surface area (Å²) in [5.74, 6) is -0.275. The summed E-state index contributed by atoms with van der Waals surface area (Å²) in [6.45, 7) is 0.304. The van der Waals surface area contributed by atoms with Crippen molar-refractivity contribution >= 4 is 33.3 Å². The topological polar surface area (TPSA) is 46.6 Å². The van der Waals surface area contributed by atoms with Crippen LogP contribution in [0.5, 0.6) is 5.75 Å². The minimum atomic E-state index is -0.506. The molecule has 0 aromatic heterocycles. The lowest BCUT2D eigenvalue weighted by atomic mass is 10.1. The lowest BCUT2D eigenvalue weighted by Crippen LogP contribution is -2.29. The van der Waals surface area contributed by atoms with E-state index >= 15 is 0 Å². The van der Waals surface area contributed by atoms with Gasteiger partial charge < -0.3 is 9.64 Å². The van der Waals surface area contributed by atoms with Gasteiger partial charge in [-0.2, -0.15) is 0 Å². The summed E-state index contributed by atoms with van der Waals surface area (Å²) < 4.78 is 6.12. The van der Waals surface area contributed by atoms with E-state index in [0.717, 1.165) is 10.0 Å². The lowest BCUT2D eigenvalue weighted by Gasteiger charge is -2.18. The van der Waals surface area contributed by atoms with E-state index in [1.165, 1.54) is 4.90 Å². The highest BCUT2D eigenvalue weighted by Crippen LogP contribution is 2.34. The summed E-state index contributed by atoms with van der Waals surface area (Å²) in [5, 5.41) is 0. The number of anilines is 1. The third kappa shape index (κ3) is 2.34. The Kier molecular flexibility index (Phi) is 3.51. The number of para-hydroxylation sites is 1. The van der Waals surface area contributed by atoms with Crippen molar-refractivity contribution in [2.24, 2.45) is 0 Å². The molecule has 3 rings (SSSR count). The van der Waals surface area contributed by atoms with Crippen molar-refractivity contribution < 1.29 is 14.3 Å². The maximum Gasteiger partial charge on any atom is 0.299 e. The molecule has 1 aliphatic heterocycles. The fourth-order valence-corrected chi connectivity index (χ4v) is 2.78. The zero-order valence-electron chi connectivity index (χ0n) is 11.3. The van der Waals surface area contributed by atoms with Crippen LogP contribution in [0, 0.1) is 0 Å². The van der Waals surface area contributed by atoms with Crippen molar-refractivity contribution in [2.45, 2.75) is 6.54 Å². The largest absolute Gasteiger partial charge is 0.496 e. The minimum absolute atomic E-state index is 0.304. The molecule has 1 heterocycles. The van der Waals surface area contributed by atoms with Gasteiger partial charge in [-0.25, -0.2) is 0 Å². The van der Waals surface area contributed by atoms with Crippen molar-refractivity contribution in [3.63, 3.8) is 0 Å². The number of rotatable bonds is 3. The number of amides is 1. The van der Waals surface area contributed by atoms with Crippen LogP contribution in [-0.4, -0.2) is 18.8 Å². The molecular formula is C16H12BrNO3. The second kappa shape index (κ2) is 5.33. The zero-order chi connectivity index (χ0) is 15.0. The van der Waals surface area contributed by atoms with Gasteiger partial charge in [0.1, 0.15) is 5.75 Å². The number of Topliss-reactive ketones (excluding diaryl/α,β-unsaturated/α-hetero) is 1. The molecule has 0 spiro atoms. The molecule has 106 valence electrons. The van der Waals surface area contributed by atoms with Gasteiger partial charge in [-0.3, -0.25) is 9.59 Å². The van der Waals surface area contributed by atoms with Gasteiger partial charge in [0.05, 0.1) is 24.9 Å². The van der Waals surface area contributed by atoms with Crippen molar-refractivity contribution in [1.82, 2.24) is 0 Å². The Morgan fingerprint density at radius 2 is 1.90 bits per heavy atom. The summed E-state index contributed by atoms with van der Waals surface area (Å²) in [4.78, 5) is 25.7. The highest BCUT2D eigenvalue weighted by Gasteiger charge is 2.36. The number of hydrogen-bond acceptors (Lipinski definition) is 3. The smallest absolute Gasteiger partial charge is 0.299 e. The van der Waals surface area contributed by atoms with Crippen molar-refractivity contribution in [3.8, 4) is 5.75 Å². The Morgan fingerprint density at radius 3 is 2.67 bits per heavy atom. The van der Waals surface area contributed by atoms with Crippen LogP contribution >= 0.6 is 15.9 Å². The first kappa shape index (κ1) is 13.8. The Labute approximate surface area is 130 Å². The molecule has 2 aromatic rings. The van der Waals surface area contributed by atoms with E-state index < -0.39 is 11.7 Å². The number of carbonyl (C=O) groups excluding carboxylic acids is 2. The van der Waals surface area contributed by atoms with E-state index in [0.29, 0.717) is 23.5 Å². The third-order valence-corrected chi connectivity index (χ3v) is 3.95. The van der Waals surface area contributed by atoms with Gasteiger partial charge >= 0.3 is 0 Å². The van der Waals surface area contributed by atoms with Gasteiger partial charge in [-0.15, -0.1) is 0 Å². The van der Waals surface area contributed by atoms with Crippen molar-refractivity contribution in [2.75, 3.05) is 12.0 Å². The summed E-state index contributed by atoms with van der Waals surface area (Å²) in [7, 11) is 1.58. The first-order valence-corrected chi connectivity index (χ1v) is 7.18. The van der Waals surface area contributed by atoms with Gasteiger partial charge in [-0.05, 0) is 24.3 Å². The number of ether oxygens (including phenoxy) is 1. The van der Waals surface area contributed by atoms with Crippen LogP contribution in [0.2, 0.25) is 0 Å². The molecule has 0 saturated heterocycles. The molecule has 21 heavy (non-hydrogen) atoms. The zero-order valence-corrected chi connectivity index (χ0v) is 12.9. The molecule has 5 heteroatoms. The summed E-state index contributed by atoms with van der Waals surface area (Å²) in [6.07, 6.45) is 0. The number of fused-ring (bicyclic) bond motifs is 1. The van der Waals surface area contributed by atoms with Crippen LogP contribution in [0.3, 0.4) is 0 Å². The average Bonchev–Trinajstić information content (AvgIpc) is 2.72. The van der Waals surface area contributed by atoms with Crippen LogP contribution in [0.15, 0.2) is 46.9 Å². The summed E-state index contributed by atoms with van der Waals surface area (Å²) >= 11 is 3.37. The number of nitrogens with zero attached hydrogens (tertiary/aromatic N) is 1. The number of methoxy groups -OCH3 is 1. The van der Waals surface area contributed by atoms with Crippen molar-refractivity contribution in [3.05, 3.63) is 58.1 Å². The van der Waals surface area contributed by atoms with Gasteiger partial charge in [-0.1, -0.05) is 34.1 Å². The third-order valence-electron chi connectivity index (χ3n) is 3.46. The molecule has 2 aromatic carbocycles. The first-order chi connectivity index (χ1) is 10.1. The molecule has 0 unspecified atom stereocenters. The molecule has 0 saturated carbocycles. The van der Waals surface area contributed by atoms with E-state index in [-0.39, 0.29) is 0 Å². The first-order valence-electron chi connectivity index (χ1n) is 6.39. The Bertz CT molecular complexity index is 742. The number of ketones is 1. The second-order valence-electron chi connectivity index (χ2n) is 4.69. The lowest BCUT2D eigenvalue weighted by molar-refractivity contribution is -0.114.